The lowest BCUT2D eigenvalue weighted by Gasteiger charge is -2.09. The van der Waals surface area contributed by atoms with Crippen LogP contribution < -0.4 is 5.56 Å². The summed E-state index contributed by atoms with van der Waals surface area (Å²) in [5.74, 6) is -1.16. The summed E-state index contributed by atoms with van der Waals surface area (Å²) in [6, 6.07) is 8.92. The van der Waals surface area contributed by atoms with Crippen LogP contribution >= 0.6 is 0 Å². The zero-order valence-electron chi connectivity index (χ0n) is 12.2. The first-order valence-corrected chi connectivity index (χ1v) is 6.79. The van der Waals surface area contributed by atoms with E-state index in [1.54, 1.807) is 24.4 Å². The number of halogens is 1. The standard InChI is InChI=1S/C16H12FN3O3/c1-23-16(22)13-6-7-14(21)20(19-13)9-11-12(17)5-4-10-3-2-8-18-15(10)11/h2-8H,9H2,1H3. The highest BCUT2D eigenvalue weighted by molar-refractivity contribution is 5.86. The average Bonchev–Trinajstić information content (AvgIpc) is 2.58. The van der Waals surface area contributed by atoms with Gasteiger partial charge in [-0.05, 0) is 24.3 Å². The van der Waals surface area contributed by atoms with Gasteiger partial charge in [0.25, 0.3) is 5.56 Å². The molecule has 0 atom stereocenters. The van der Waals surface area contributed by atoms with E-state index in [9.17, 15) is 14.0 Å². The molecule has 1 aromatic carbocycles. The van der Waals surface area contributed by atoms with Gasteiger partial charge in [-0.25, -0.2) is 13.9 Å². The topological polar surface area (TPSA) is 74.1 Å². The van der Waals surface area contributed by atoms with Crippen molar-refractivity contribution < 1.29 is 13.9 Å². The number of carbonyl (C=O) groups excluding carboxylic acids is 1. The van der Waals surface area contributed by atoms with Gasteiger partial charge in [-0.15, -0.1) is 0 Å². The molecule has 0 unspecified atom stereocenters. The molecule has 2 aromatic heterocycles. The van der Waals surface area contributed by atoms with Crippen LogP contribution in [0.5, 0.6) is 0 Å². The smallest absolute Gasteiger partial charge is 0.358 e. The maximum Gasteiger partial charge on any atom is 0.358 e. The van der Waals surface area contributed by atoms with Crippen LogP contribution in [0, 0.1) is 5.82 Å². The number of ether oxygens (including phenoxy) is 1. The Hall–Kier alpha value is -3.09. The van der Waals surface area contributed by atoms with E-state index in [4.69, 9.17) is 0 Å². The third-order valence-corrected chi connectivity index (χ3v) is 3.39. The fourth-order valence-electron chi connectivity index (χ4n) is 2.26. The number of pyridine rings is 1. The van der Waals surface area contributed by atoms with E-state index in [2.05, 4.69) is 14.8 Å². The lowest BCUT2D eigenvalue weighted by atomic mass is 10.1. The zero-order valence-corrected chi connectivity index (χ0v) is 12.2. The van der Waals surface area contributed by atoms with Gasteiger partial charge in [0.1, 0.15) is 5.82 Å². The Morgan fingerprint density at radius 2 is 2.09 bits per heavy atom. The summed E-state index contributed by atoms with van der Waals surface area (Å²) in [5, 5.41) is 4.67. The molecule has 0 spiro atoms. The molecule has 0 aliphatic heterocycles. The lowest BCUT2D eigenvalue weighted by Crippen LogP contribution is -2.25. The van der Waals surface area contributed by atoms with Crippen molar-refractivity contribution in [1.29, 1.82) is 0 Å². The fraction of sp³-hybridized carbons (Fsp3) is 0.125. The first kappa shape index (κ1) is 14.8. The SMILES string of the molecule is COC(=O)c1ccc(=O)n(Cc2c(F)ccc3cccnc23)n1. The highest BCUT2D eigenvalue weighted by atomic mass is 19.1. The van der Waals surface area contributed by atoms with Crippen LogP contribution in [0.4, 0.5) is 4.39 Å². The lowest BCUT2D eigenvalue weighted by molar-refractivity contribution is 0.0591. The van der Waals surface area contributed by atoms with Crippen molar-refractivity contribution in [3.63, 3.8) is 0 Å². The van der Waals surface area contributed by atoms with Crippen molar-refractivity contribution in [2.24, 2.45) is 0 Å². The van der Waals surface area contributed by atoms with Gasteiger partial charge in [0.2, 0.25) is 0 Å². The Labute approximate surface area is 130 Å². The highest BCUT2D eigenvalue weighted by Crippen LogP contribution is 2.20. The van der Waals surface area contributed by atoms with E-state index in [-0.39, 0.29) is 17.8 Å². The Morgan fingerprint density at radius 1 is 1.26 bits per heavy atom. The van der Waals surface area contributed by atoms with Gasteiger partial charge in [-0.2, -0.15) is 5.10 Å². The number of esters is 1. The predicted molar refractivity (Wildman–Crippen MR) is 80.6 cm³/mol. The summed E-state index contributed by atoms with van der Waals surface area (Å²) in [6.07, 6.45) is 1.55. The third-order valence-electron chi connectivity index (χ3n) is 3.39. The van der Waals surface area contributed by atoms with Crippen LogP contribution in [0.15, 0.2) is 47.4 Å². The highest BCUT2D eigenvalue weighted by Gasteiger charge is 2.13. The molecular weight excluding hydrogens is 301 g/mol. The average molecular weight is 313 g/mol. The molecule has 6 nitrogen and oxygen atoms in total. The minimum absolute atomic E-state index is 0.0271. The molecule has 0 amide bonds. The number of rotatable bonds is 3. The van der Waals surface area contributed by atoms with Crippen molar-refractivity contribution in [1.82, 2.24) is 14.8 Å². The van der Waals surface area contributed by atoms with Crippen molar-refractivity contribution in [2.75, 3.05) is 7.11 Å². The number of hydrogen-bond acceptors (Lipinski definition) is 5. The van der Waals surface area contributed by atoms with Crippen LogP contribution in [0.25, 0.3) is 10.9 Å². The van der Waals surface area contributed by atoms with E-state index in [0.717, 1.165) is 10.1 Å². The number of carbonyl (C=O) groups is 1. The van der Waals surface area contributed by atoms with Gasteiger partial charge >= 0.3 is 5.97 Å². The van der Waals surface area contributed by atoms with Crippen LogP contribution in [-0.2, 0) is 11.3 Å². The van der Waals surface area contributed by atoms with Gasteiger partial charge in [0.15, 0.2) is 5.69 Å². The Bertz CT molecular complexity index is 953. The predicted octanol–water partition coefficient (Wildman–Crippen LogP) is 1.77. The van der Waals surface area contributed by atoms with Gasteiger partial charge in [0, 0.05) is 23.2 Å². The summed E-state index contributed by atoms with van der Waals surface area (Å²) in [7, 11) is 1.22. The van der Waals surface area contributed by atoms with Crippen molar-refractivity contribution in [2.45, 2.75) is 6.54 Å². The maximum atomic E-state index is 14.2. The summed E-state index contributed by atoms with van der Waals surface area (Å²) in [6.45, 7) is -0.135. The Balaban J connectivity index is 2.11. The minimum Gasteiger partial charge on any atom is -0.464 e. The second-order valence-corrected chi connectivity index (χ2v) is 4.81. The summed E-state index contributed by atoms with van der Waals surface area (Å²) < 4.78 is 19.8. The largest absolute Gasteiger partial charge is 0.464 e. The number of aromatic nitrogens is 3. The molecule has 0 aliphatic carbocycles. The maximum absolute atomic E-state index is 14.2. The van der Waals surface area contributed by atoms with E-state index >= 15 is 0 Å². The molecule has 116 valence electrons. The van der Waals surface area contributed by atoms with Gasteiger partial charge < -0.3 is 4.74 Å². The Kier molecular flexibility index (Phi) is 3.84. The van der Waals surface area contributed by atoms with Crippen molar-refractivity contribution in [3.8, 4) is 0 Å². The van der Waals surface area contributed by atoms with Crippen LogP contribution in [-0.4, -0.2) is 27.8 Å². The van der Waals surface area contributed by atoms with Crippen LogP contribution in [0.2, 0.25) is 0 Å². The minimum atomic E-state index is -0.671. The number of methoxy groups -OCH3 is 1. The number of benzene rings is 1. The van der Waals surface area contributed by atoms with Gasteiger partial charge in [-0.1, -0.05) is 6.07 Å². The number of hydrogen-bond donors (Lipinski definition) is 0. The van der Waals surface area contributed by atoms with Gasteiger partial charge in [0.05, 0.1) is 19.2 Å². The molecule has 0 bridgehead atoms. The molecule has 7 heteroatoms. The zero-order chi connectivity index (χ0) is 16.4. The monoisotopic (exact) mass is 313 g/mol. The molecule has 3 aromatic rings. The molecule has 0 saturated carbocycles. The summed E-state index contributed by atoms with van der Waals surface area (Å²) in [4.78, 5) is 27.6. The molecule has 0 fully saturated rings. The van der Waals surface area contributed by atoms with Crippen LogP contribution in [0.1, 0.15) is 16.1 Å². The van der Waals surface area contributed by atoms with E-state index in [1.165, 1.54) is 25.3 Å². The molecule has 0 radical (unpaired) electrons. The van der Waals surface area contributed by atoms with Crippen molar-refractivity contribution >= 4 is 16.9 Å². The fourth-order valence-corrected chi connectivity index (χ4v) is 2.26. The quantitative estimate of drug-likeness (QED) is 0.689. The second-order valence-electron chi connectivity index (χ2n) is 4.81. The van der Waals surface area contributed by atoms with Crippen molar-refractivity contribution in [3.05, 3.63) is 70.0 Å². The second kappa shape index (κ2) is 5.96. The molecule has 2 heterocycles. The summed E-state index contributed by atoms with van der Waals surface area (Å²) >= 11 is 0. The first-order chi connectivity index (χ1) is 11.1. The molecule has 0 aliphatic rings. The molecular formula is C16H12FN3O3. The third kappa shape index (κ3) is 2.80. The first-order valence-electron chi connectivity index (χ1n) is 6.79. The molecule has 0 saturated heterocycles. The van der Waals surface area contributed by atoms with E-state index in [0.29, 0.717) is 5.52 Å². The van der Waals surface area contributed by atoms with Crippen LogP contribution in [0.3, 0.4) is 0 Å². The normalized spacial score (nSPS) is 10.7. The van der Waals surface area contributed by atoms with E-state index < -0.39 is 17.3 Å². The molecule has 0 N–H and O–H groups in total. The molecule has 3 rings (SSSR count). The van der Waals surface area contributed by atoms with E-state index in [1.807, 2.05) is 0 Å². The Morgan fingerprint density at radius 3 is 2.87 bits per heavy atom. The summed E-state index contributed by atoms with van der Waals surface area (Å²) in [5.41, 5.74) is 0.204. The number of fused-ring (bicyclic) bond motifs is 1. The van der Waals surface area contributed by atoms with Gasteiger partial charge in [-0.3, -0.25) is 9.78 Å². The number of nitrogens with zero attached hydrogens (tertiary/aromatic N) is 3. The molecule has 23 heavy (non-hydrogen) atoms.